The van der Waals surface area contributed by atoms with Crippen LogP contribution in [0.15, 0.2) is 54.6 Å². The van der Waals surface area contributed by atoms with Gasteiger partial charge < -0.3 is 15.8 Å². The zero-order valence-corrected chi connectivity index (χ0v) is 16.1. The van der Waals surface area contributed by atoms with E-state index in [0.29, 0.717) is 5.95 Å². The van der Waals surface area contributed by atoms with E-state index in [1.54, 1.807) is 0 Å². The number of carbonyl (C=O) groups excluding carboxylic acids is 1. The number of nitrogens with zero attached hydrogens (tertiary/aromatic N) is 3. The second kappa shape index (κ2) is 8.04. The number of nitrogens with two attached hydrogens (primary N) is 1. The molecule has 3 rings (SSSR count). The summed E-state index contributed by atoms with van der Waals surface area (Å²) in [6, 6.07) is 17.2. The molecule has 0 aliphatic carbocycles. The van der Waals surface area contributed by atoms with Crippen molar-refractivity contribution in [1.29, 1.82) is 0 Å². The number of aryl methyl sites for hydroxylation is 1. The van der Waals surface area contributed by atoms with Crippen LogP contribution in [0.2, 0.25) is 0 Å². The van der Waals surface area contributed by atoms with Gasteiger partial charge in [0, 0.05) is 5.69 Å². The molecule has 0 fully saturated rings. The minimum atomic E-state index is -0.789. The van der Waals surface area contributed by atoms with E-state index in [9.17, 15) is 4.79 Å². The molecule has 0 aliphatic heterocycles. The van der Waals surface area contributed by atoms with Crippen LogP contribution in [-0.4, -0.2) is 20.9 Å². The molecule has 144 valence electrons. The van der Waals surface area contributed by atoms with E-state index in [2.05, 4.69) is 20.3 Å². The molecule has 0 spiro atoms. The highest BCUT2D eigenvalue weighted by molar-refractivity contribution is 5.82. The molecule has 0 unspecified atom stereocenters. The second-order valence-corrected chi connectivity index (χ2v) is 6.99. The summed E-state index contributed by atoms with van der Waals surface area (Å²) in [5, 5.41) is 3.07. The Morgan fingerprint density at radius 2 is 1.71 bits per heavy atom. The van der Waals surface area contributed by atoms with Crippen LogP contribution in [0.1, 0.15) is 30.8 Å². The normalized spacial score (nSPS) is 11.1. The molecule has 2 aromatic carbocycles. The number of nitrogen functional groups attached to an aromatic ring is 1. The summed E-state index contributed by atoms with van der Waals surface area (Å²) >= 11 is 0. The third-order valence-electron chi connectivity index (χ3n) is 4.34. The average Bonchev–Trinajstić information content (AvgIpc) is 2.68. The van der Waals surface area contributed by atoms with Crippen LogP contribution in [0.4, 0.5) is 17.6 Å². The third kappa shape index (κ3) is 4.62. The van der Waals surface area contributed by atoms with Crippen LogP contribution in [0.25, 0.3) is 0 Å². The minimum Gasteiger partial charge on any atom is -0.457 e. The Hall–Kier alpha value is -3.48. The molecule has 0 aliphatic rings. The number of benzene rings is 2. The van der Waals surface area contributed by atoms with Crippen molar-refractivity contribution in [2.75, 3.05) is 11.1 Å². The molecule has 1 heterocycles. The Kier molecular flexibility index (Phi) is 5.54. The lowest BCUT2D eigenvalue weighted by Gasteiger charge is -2.22. The van der Waals surface area contributed by atoms with Gasteiger partial charge in [0.2, 0.25) is 11.9 Å². The highest BCUT2D eigenvalue weighted by Crippen LogP contribution is 2.25. The largest absolute Gasteiger partial charge is 0.457 e. The van der Waals surface area contributed by atoms with Crippen molar-refractivity contribution in [2.24, 2.45) is 0 Å². The Morgan fingerprint density at radius 3 is 2.39 bits per heavy atom. The molecular formula is C21H23N5O2. The number of aromatic nitrogens is 3. The Morgan fingerprint density at radius 1 is 1.04 bits per heavy atom. The monoisotopic (exact) mass is 377 g/mol. The number of anilines is 3. The quantitative estimate of drug-likeness (QED) is 0.633. The summed E-state index contributed by atoms with van der Waals surface area (Å²) in [7, 11) is 0. The van der Waals surface area contributed by atoms with Crippen molar-refractivity contribution in [1.82, 2.24) is 15.0 Å². The topological polar surface area (TPSA) is 103 Å². The van der Waals surface area contributed by atoms with Crippen molar-refractivity contribution >= 4 is 23.6 Å². The molecule has 7 heteroatoms. The zero-order valence-electron chi connectivity index (χ0n) is 16.1. The molecule has 0 amide bonds. The summed E-state index contributed by atoms with van der Waals surface area (Å²) in [6.07, 6.45) is 0. The number of carbonyl (C=O) groups is 1. The fourth-order valence-electron chi connectivity index (χ4n) is 2.61. The van der Waals surface area contributed by atoms with Crippen molar-refractivity contribution in [3.8, 4) is 0 Å². The van der Waals surface area contributed by atoms with Gasteiger partial charge in [-0.2, -0.15) is 15.0 Å². The van der Waals surface area contributed by atoms with Crippen LogP contribution in [-0.2, 0) is 21.6 Å². The molecule has 3 aromatic rings. The first-order valence-corrected chi connectivity index (χ1v) is 8.91. The Bertz CT molecular complexity index is 956. The zero-order chi connectivity index (χ0) is 20.1. The van der Waals surface area contributed by atoms with Gasteiger partial charge in [0.05, 0.1) is 5.41 Å². The highest BCUT2D eigenvalue weighted by Gasteiger charge is 2.31. The van der Waals surface area contributed by atoms with E-state index < -0.39 is 5.41 Å². The SMILES string of the molecule is Cc1ccc(Nc2nc(N)nc(COC(=O)C(C)(C)c3ccccc3)n2)cc1. The van der Waals surface area contributed by atoms with Gasteiger partial charge in [0.15, 0.2) is 12.4 Å². The molecule has 0 radical (unpaired) electrons. The van der Waals surface area contributed by atoms with Gasteiger partial charge in [-0.05, 0) is 38.5 Å². The number of hydrogen-bond donors (Lipinski definition) is 2. The van der Waals surface area contributed by atoms with Crippen LogP contribution in [0.3, 0.4) is 0 Å². The van der Waals surface area contributed by atoms with Crippen molar-refractivity contribution in [2.45, 2.75) is 32.8 Å². The number of rotatable bonds is 6. The van der Waals surface area contributed by atoms with Crippen molar-refractivity contribution in [3.05, 3.63) is 71.5 Å². The summed E-state index contributed by atoms with van der Waals surface area (Å²) in [5.41, 5.74) is 7.83. The van der Waals surface area contributed by atoms with E-state index in [4.69, 9.17) is 10.5 Å². The number of hydrogen-bond acceptors (Lipinski definition) is 7. The Labute approximate surface area is 164 Å². The number of nitrogens with one attached hydrogen (secondary N) is 1. The predicted molar refractivity (Wildman–Crippen MR) is 108 cm³/mol. The van der Waals surface area contributed by atoms with E-state index >= 15 is 0 Å². The van der Waals surface area contributed by atoms with Gasteiger partial charge >= 0.3 is 5.97 Å². The maximum atomic E-state index is 12.6. The lowest BCUT2D eigenvalue weighted by atomic mass is 9.85. The third-order valence-corrected chi connectivity index (χ3v) is 4.34. The first-order chi connectivity index (χ1) is 13.3. The Balaban J connectivity index is 1.69. The summed E-state index contributed by atoms with van der Waals surface area (Å²) in [4.78, 5) is 25.0. The van der Waals surface area contributed by atoms with Crippen LogP contribution in [0.5, 0.6) is 0 Å². The molecule has 0 bridgehead atoms. The smallest absolute Gasteiger partial charge is 0.316 e. The summed E-state index contributed by atoms with van der Waals surface area (Å²) < 4.78 is 5.45. The minimum absolute atomic E-state index is 0.0537. The average molecular weight is 377 g/mol. The molecule has 28 heavy (non-hydrogen) atoms. The molecule has 1 aromatic heterocycles. The fraction of sp³-hybridized carbons (Fsp3) is 0.238. The van der Waals surface area contributed by atoms with Gasteiger partial charge in [-0.1, -0.05) is 48.0 Å². The maximum absolute atomic E-state index is 12.6. The standard InChI is InChI=1S/C21H23N5O2/c1-14-9-11-16(12-10-14)23-20-25-17(24-19(22)26-20)13-28-18(27)21(2,3)15-7-5-4-6-8-15/h4-12H,13H2,1-3H3,(H3,22,23,24,25,26). The maximum Gasteiger partial charge on any atom is 0.316 e. The highest BCUT2D eigenvalue weighted by atomic mass is 16.5. The van der Waals surface area contributed by atoms with Gasteiger partial charge in [-0.3, -0.25) is 4.79 Å². The summed E-state index contributed by atoms with van der Waals surface area (Å²) in [5.74, 6) is 0.257. The van der Waals surface area contributed by atoms with Gasteiger partial charge in [-0.15, -0.1) is 0 Å². The lowest BCUT2D eigenvalue weighted by Crippen LogP contribution is -2.31. The van der Waals surface area contributed by atoms with Crippen molar-refractivity contribution in [3.63, 3.8) is 0 Å². The second-order valence-electron chi connectivity index (χ2n) is 6.99. The van der Waals surface area contributed by atoms with Gasteiger partial charge in [0.1, 0.15) is 0 Å². The number of ether oxygens (including phenoxy) is 1. The van der Waals surface area contributed by atoms with Crippen LogP contribution >= 0.6 is 0 Å². The summed E-state index contributed by atoms with van der Waals surface area (Å²) in [6.45, 7) is 5.55. The van der Waals surface area contributed by atoms with E-state index in [0.717, 1.165) is 16.8 Å². The van der Waals surface area contributed by atoms with E-state index in [-0.39, 0.29) is 24.3 Å². The van der Waals surface area contributed by atoms with E-state index in [1.165, 1.54) is 0 Å². The predicted octanol–water partition coefficient (Wildman–Crippen LogP) is 3.53. The molecular weight excluding hydrogens is 354 g/mol. The van der Waals surface area contributed by atoms with Gasteiger partial charge in [-0.25, -0.2) is 0 Å². The van der Waals surface area contributed by atoms with Gasteiger partial charge in [0.25, 0.3) is 0 Å². The lowest BCUT2D eigenvalue weighted by molar-refractivity contribution is -0.151. The van der Waals surface area contributed by atoms with E-state index in [1.807, 2.05) is 75.4 Å². The molecule has 3 N–H and O–H groups in total. The van der Waals surface area contributed by atoms with Crippen molar-refractivity contribution < 1.29 is 9.53 Å². The first kappa shape index (κ1) is 19.3. The van der Waals surface area contributed by atoms with Crippen LogP contribution in [0, 0.1) is 6.92 Å². The van der Waals surface area contributed by atoms with Crippen LogP contribution < -0.4 is 11.1 Å². The fourth-order valence-corrected chi connectivity index (χ4v) is 2.61. The molecule has 0 atom stereocenters. The molecule has 0 saturated carbocycles. The molecule has 0 saturated heterocycles. The first-order valence-electron chi connectivity index (χ1n) is 8.91. The number of esters is 1. The molecule has 7 nitrogen and oxygen atoms in total.